The number of nitrogens with one attached hydrogen (secondary N) is 2. The molecule has 1 aliphatic carbocycles. The molecule has 10 heteroatoms. The Bertz CT molecular complexity index is 776. The van der Waals surface area contributed by atoms with Crippen LogP contribution in [0.25, 0.3) is 0 Å². The van der Waals surface area contributed by atoms with E-state index in [2.05, 4.69) is 10.6 Å². The average molecular weight is 438 g/mol. The number of benzene rings is 1. The van der Waals surface area contributed by atoms with Crippen LogP contribution in [0, 0.1) is 10.1 Å². The van der Waals surface area contributed by atoms with Gasteiger partial charge in [0.15, 0.2) is 0 Å². The highest BCUT2D eigenvalue weighted by Gasteiger charge is 2.26. The van der Waals surface area contributed by atoms with Crippen molar-refractivity contribution in [1.29, 1.82) is 0 Å². The number of carbonyl (C=O) groups is 2. The van der Waals surface area contributed by atoms with Crippen LogP contribution in [-0.4, -0.2) is 60.5 Å². The number of carbonyl (C=O) groups excluding carboxylic acids is 2. The molecule has 30 heavy (non-hydrogen) atoms. The van der Waals surface area contributed by atoms with E-state index >= 15 is 0 Å². The van der Waals surface area contributed by atoms with Crippen LogP contribution < -0.4 is 15.5 Å². The number of nitrogens with zero attached hydrogens (tertiary/aromatic N) is 3. The number of hydrogen-bond donors (Lipinski definition) is 2. The Morgan fingerprint density at radius 2 is 1.83 bits per heavy atom. The molecule has 3 amide bonds. The van der Waals surface area contributed by atoms with E-state index in [9.17, 15) is 19.7 Å². The lowest BCUT2D eigenvalue weighted by Crippen LogP contribution is -2.49. The van der Waals surface area contributed by atoms with Gasteiger partial charge in [0.1, 0.15) is 5.69 Å². The molecule has 9 nitrogen and oxygen atoms in total. The number of nitro benzene ring substituents is 1. The van der Waals surface area contributed by atoms with Crippen molar-refractivity contribution in [3.8, 4) is 0 Å². The van der Waals surface area contributed by atoms with Gasteiger partial charge in [0.25, 0.3) is 5.69 Å². The van der Waals surface area contributed by atoms with Crippen LogP contribution in [0.4, 0.5) is 16.2 Å². The molecule has 1 saturated heterocycles. The summed E-state index contributed by atoms with van der Waals surface area (Å²) >= 11 is 5.88. The molecule has 0 atom stereocenters. The summed E-state index contributed by atoms with van der Waals surface area (Å²) < 4.78 is 0. The number of piperazine rings is 1. The molecule has 0 aromatic heterocycles. The molecule has 1 aliphatic heterocycles. The van der Waals surface area contributed by atoms with Gasteiger partial charge in [-0.25, -0.2) is 4.79 Å². The highest BCUT2D eigenvalue weighted by atomic mass is 35.5. The first-order valence-electron chi connectivity index (χ1n) is 10.4. The van der Waals surface area contributed by atoms with E-state index in [4.69, 9.17) is 11.6 Å². The van der Waals surface area contributed by atoms with E-state index in [0.717, 1.165) is 25.7 Å². The van der Waals surface area contributed by atoms with Crippen molar-refractivity contribution < 1.29 is 14.5 Å². The lowest BCUT2D eigenvalue weighted by Gasteiger charge is -2.36. The van der Waals surface area contributed by atoms with Crippen molar-refractivity contribution in [2.75, 3.05) is 37.6 Å². The fourth-order valence-electron chi connectivity index (χ4n) is 4.03. The lowest BCUT2D eigenvalue weighted by atomic mass is 9.96. The van der Waals surface area contributed by atoms with Gasteiger partial charge in [-0.3, -0.25) is 14.9 Å². The first kappa shape index (κ1) is 22.1. The molecule has 1 aromatic carbocycles. The third kappa shape index (κ3) is 5.98. The fourth-order valence-corrected chi connectivity index (χ4v) is 4.20. The minimum absolute atomic E-state index is 0.0294. The van der Waals surface area contributed by atoms with Crippen LogP contribution in [0.3, 0.4) is 0 Å². The standard InChI is InChI=1S/C20H28ClN5O4/c21-15-6-7-17(18(14-15)26(29)30)24-10-12-25(13-11-24)19(27)8-9-22-20(28)23-16-4-2-1-3-5-16/h6-7,14,16H,1-5,8-13H2,(H2,22,23,28). The van der Waals surface area contributed by atoms with Crippen molar-refractivity contribution in [1.82, 2.24) is 15.5 Å². The Morgan fingerprint density at radius 1 is 1.13 bits per heavy atom. The Balaban J connectivity index is 1.41. The number of urea groups is 1. The van der Waals surface area contributed by atoms with Gasteiger partial charge in [0.05, 0.1) is 4.92 Å². The summed E-state index contributed by atoms with van der Waals surface area (Å²) in [4.78, 5) is 38.9. The highest BCUT2D eigenvalue weighted by Crippen LogP contribution is 2.31. The zero-order valence-electron chi connectivity index (χ0n) is 16.9. The van der Waals surface area contributed by atoms with Crippen LogP contribution in [0.15, 0.2) is 18.2 Å². The number of anilines is 1. The van der Waals surface area contributed by atoms with E-state index < -0.39 is 4.92 Å². The predicted molar refractivity (Wildman–Crippen MR) is 115 cm³/mol. The van der Waals surface area contributed by atoms with Crippen LogP contribution in [0.5, 0.6) is 0 Å². The maximum Gasteiger partial charge on any atom is 0.315 e. The summed E-state index contributed by atoms with van der Waals surface area (Å²) in [6.45, 7) is 2.26. The lowest BCUT2D eigenvalue weighted by molar-refractivity contribution is -0.384. The third-order valence-electron chi connectivity index (χ3n) is 5.67. The smallest absolute Gasteiger partial charge is 0.315 e. The van der Waals surface area contributed by atoms with Crippen molar-refractivity contribution in [2.24, 2.45) is 0 Å². The molecular weight excluding hydrogens is 410 g/mol. The summed E-state index contributed by atoms with van der Waals surface area (Å²) in [6, 6.07) is 4.64. The number of rotatable bonds is 6. The zero-order valence-corrected chi connectivity index (χ0v) is 17.7. The zero-order chi connectivity index (χ0) is 21.5. The Labute approximate surface area is 180 Å². The van der Waals surface area contributed by atoms with Gasteiger partial charge in [-0.1, -0.05) is 30.9 Å². The minimum atomic E-state index is -0.442. The van der Waals surface area contributed by atoms with E-state index in [1.807, 2.05) is 4.90 Å². The van der Waals surface area contributed by atoms with Crippen LogP contribution in [-0.2, 0) is 4.79 Å². The van der Waals surface area contributed by atoms with Crippen LogP contribution in [0.2, 0.25) is 5.02 Å². The van der Waals surface area contributed by atoms with Gasteiger partial charge in [-0.05, 0) is 25.0 Å². The van der Waals surface area contributed by atoms with Gasteiger partial charge in [0, 0.05) is 56.3 Å². The molecule has 0 spiro atoms. The largest absolute Gasteiger partial charge is 0.362 e. The molecule has 1 saturated carbocycles. The van der Waals surface area contributed by atoms with Crippen LogP contribution in [0.1, 0.15) is 38.5 Å². The molecule has 0 bridgehead atoms. The highest BCUT2D eigenvalue weighted by molar-refractivity contribution is 6.30. The second-order valence-corrected chi connectivity index (χ2v) is 8.18. The molecular formula is C20H28ClN5O4. The van der Waals surface area contributed by atoms with Gasteiger partial charge in [-0.2, -0.15) is 0 Å². The molecule has 3 rings (SSSR count). The number of amides is 3. The van der Waals surface area contributed by atoms with Gasteiger partial charge < -0.3 is 20.4 Å². The SMILES string of the molecule is O=C(NCCC(=O)N1CCN(c2ccc(Cl)cc2[N+](=O)[O-])CC1)NC1CCCCC1. The maximum absolute atomic E-state index is 12.4. The van der Waals surface area contributed by atoms with Gasteiger partial charge in [-0.15, -0.1) is 0 Å². The van der Waals surface area contributed by atoms with Crippen LogP contribution >= 0.6 is 11.6 Å². The molecule has 0 unspecified atom stereocenters. The van der Waals surface area contributed by atoms with Crippen molar-refractivity contribution in [3.63, 3.8) is 0 Å². The summed E-state index contributed by atoms with van der Waals surface area (Å²) in [7, 11) is 0. The molecule has 2 fully saturated rings. The Hall–Kier alpha value is -2.55. The topological polar surface area (TPSA) is 108 Å². The first-order chi connectivity index (χ1) is 14.4. The van der Waals surface area contributed by atoms with E-state index in [-0.39, 0.29) is 30.1 Å². The molecule has 2 N–H and O–H groups in total. The third-order valence-corrected chi connectivity index (χ3v) is 5.91. The van der Waals surface area contributed by atoms with E-state index in [0.29, 0.717) is 43.4 Å². The molecule has 1 heterocycles. The minimum Gasteiger partial charge on any atom is -0.362 e. The van der Waals surface area contributed by atoms with E-state index in [1.165, 1.54) is 12.5 Å². The average Bonchev–Trinajstić information content (AvgIpc) is 2.74. The Kier molecular flexibility index (Phi) is 7.73. The summed E-state index contributed by atoms with van der Waals surface area (Å²) in [5, 5.41) is 17.4. The fraction of sp³-hybridized carbons (Fsp3) is 0.600. The van der Waals surface area contributed by atoms with Crippen molar-refractivity contribution in [3.05, 3.63) is 33.3 Å². The molecule has 2 aliphatic rings. The number of nitro groups is 1. The number of halogens is 1. The Morgan fingerprint density at radius 3 is 2.50 bits per heavy atom. The maximum atomic E-state index is 12.4. The van der Waals surface area contributed by atoms with Gasteiger partial charge >= 0.3 is 6.03 Å². The molecule has 0 radical (unpaired) electrons. The number of hydrogen-bond acceptors (Lipinski definition) is 5. The normalized spacial score (nSPS) is 17.5. The monoisotopic (exact) mass is 437 g/mol. The second-order valence-electron chi connectivity index (χ2n) is 7.74. The van der Waals surface area contributed by atoms with Crippen molar-refractivity contribution in [2.45, 2.75) is 44.6 Å². The molecule has 164 valence electrons. The summed E-state index contributed by atoms with van der Waals surface area (Å²) in [5.74, 6) is -0.0294. The molecule has 1 aromatic rings. The first-order valence-corrected chi connectivity index (χ1v) is 10.8. The van der Waals surface area contributed by atoms with Crippen molar-refractivity contribution >= 4 is 34.9 Å². The predicted octanol–water partition coefficient (Wildman–Crippen LogP) is 2.92. The summed E-state index contributed by atoms with van der Waals surface area (Å²) in [6.07, 6.45) is 5.79. The summed E-state index contributed by atoms with van der Waals surface area (Å²) in [5.41, 5.74) is 0.480. The van der Waals surface area contributed by atoms with E-state index in [1.54, 1.807) is 17.0 Å². The van der Waals surface area contributed by atoms with Gasteiger partial charge in [0.2, 0.25) is 5.91 Å². The second kappa shape index (κ2) is 10.5. The quantitative estimate of drug-likeness (QED) is 0.525.